The molecule has 0 aliphatic carbocycles. The molecule has 1 unspecified atom stereocenters. The first-order valence-corrected chi connectivity index (χ1v) is 11.7. The van der Waals surface area contributed by atoms with Gasteiger partial charge in [-0.1, -0.05) is 6.07 Å². The molecule has 34 heavy (non-hydrogen) atoms. The quantitative estimate of drug-likeness (QED) is 0.415. The summed E-state index contributed by atoms with van der Waals surface area (Å²) in [4.78, 5) is 31.5. The maximum absolute atomic E-state index is 13.1. The van der Waals surface area contributed by atoms with Gasteiger partial charge in [-0.15, -0.1) is 11.3 Å². The van der Waals surface area contributed by atoms with E-state index in [1.807, 2.05) is 24.4 Å². The van der Waals surface area contributed by atoms with Gasteiger partial charge in [0.1, 0.15) is 13.2 Å². The van der Waals surface area contributed by atoms with Gasteiger partial charge in [-0.25, -0.2) is 14.5 Å². The molecule has 0 spiro atoms. The molecule has 10 heteroatoms. The molecule has 0 bridgehead atoms. The highest BCUT2D eigenvalue weighted by molar-refractivity contribution is 7.13. The van der Waals surface area contributed by atoms with Gasteiger partial charge in [0.25, 0.3) is 5.91 Å². The topological polar surface area (TPSA) is 105 Å². The Morgan fingerprint density at radius 2 is 2.03 bits per heavy atom. The van der Waals surface area contributed by atoms with Crippen molar-refractivity contribution in [2.45, 2.75) is 26.5 Å². The molecule has 1 amide bonds. The van der Waals surface area contributed by atoms with Crippen LogP contribution in [0.1, 0.15) is 24.2 Å². The first-order valence-electron chi connectivity index (χ1n) is 10.9. The average Bonchev–Trinajstić information content (AvgIpc) is 3.53. The van der Waals surface area contributed by atoms with Gasteiger partial charge in [-0.2, -0.15) is 5.10 Å². The molecule has 0 fully saturated rings. The lowest BCUT2D eigenvalue weighted by Crippen LogP contribution is -2.30. The van der Waals surface area contributed by atoms with E-state index in [4.69, 9.17) is 19.2 Å². The molecule has 1 atom stereocenters. The minimum atomic E-state index is -1.03. The second-order valence-electron chi connectivity index (χ2n) is 7.63. The van der Waals surface area contributed by atoms with Crippen molar-refractivity contribution in [3.63, 3.8) is 0 Å². The van der Waals surface area contributed by atoms with Crippen LogP contribution in [0.2, 0.25) is 0 Å². The number of nitrogens with zero attached hydrogens (tertiary/aromatic N) is 3. The highest BCUT2D eigenvalue weighted by Crippen LogP contribution is 2.33. The van der Waals surface area contributed by atoms with Crippen LogP contribution in [0.4, 0.5) is 5.69 Å². The van der Waals surface area contributed by atoms with Crippen molar-refractivity contribution < 1.29 is 23.8 Å². The van der Waals surface area contributed by atoms with Gasteiger partial charge in [0.15, 0.2) is 23.3 Å². The smallest absolute Gasteiger partial charge is 0.339 e. The summed E-state index contributed by atoms with van der Waals surface area (Å²) in [5.41, 5.74) is 2.08. The molecule has 9 nitrogen and oxygen atoms in total. The molecule has 0 saturated carbocycles. The summed E-state index contributed by atoms with van der Waals surface area (Å²) in [6.45, 7) is 5.01. The van der Waals surface area contributed by atoms with E-state index < -0.39 is 18.0 Å². The van der Waals surface area contributed by atoms with Gasteiger partial charge in [0.05, 0.1) is 27.7 Å². The zero-order valence-electron chi connectivity index (χ0n) is 18.6. The van der Waals surface area contributed by atoms with Gasteiger partial charge in [-0.05, 0) is 43.5 Å². The molecule has 1 aromatic carbocycles. The fraction of sp³-hybridized carbons (Fsp3) is 0.250. The van der Waals surface area contributed by atoms with E-state index in [9.17, 15) is 9.59 Å². The number of carbonyl (C=O) groups excluding carboxylic acids is 2. The number of hydrogen-bond donors (Lipinski definition) is 1. The van der Waals surface area contributed by atoms with Gasteiger partial charge in [0, 0.05) is 18.3 Å². The number of amides is 1. The SMILES string of the molecule is CCn1ncc2c(C(=O)OC(C)C(=O)Nc3ccc4c(c3)OCCO4)cc(-c3cccs3)nc21. The zero-order valence-corrected chi connectivity index (χ0v) is 19.4. The largest absolute Gasteiger partial charge is 0.486 e. The fourth-order valence-electron chi connectivity index (χ4n) is 3.64. The Labute approximate surface area is 199 Å². The number of thiophene rings is 1. The Balaban J connectivity index is 1.36. The van der Waals surface area contributed by atoms with E-state index in [2.05, 4.69) is 10.4 Å². The van der Waals surface area contributed by atoms with Crippen molar-refractivity contribution in [3.8, 4) is 22.1 Å². The molecule has 1 aliphatic heterocycles. The van der Waals surface area contributed by atoms with Crippen molar-refractivity contribution in [2.24, 2.45) is 0 Å². The lowest BCUT2D eigenvalue weighted by Gasteiger charge is -2.19. The van der Waals surface area contributed by atoms with Crippen molar-refractivity contribution >= 4 is 39.9 Å². The van der Waals surface area contributed by atoms with E-state index in [0.29, 0.717) is 59.2 Å². The molecule has 0 radical (unpaired) electrons. The predicted octanol–water partition coefficient (Wildman–Crippen LogP) is 4.13. The highest BCUT2D eigenvalue weighted by atomic mass is 32.1. The lowest BCUT2D eigenvalue weighted by atomic mass is 10.1. The maximum Gasteiger partial charge on any atom is 0.339 e. The molecule has 0 saturated heterocycles. The number of ether oxygens (including phenoxy) is 3. The van der Waals surface area contributed by atoms with Crippen LogP contribution in [-0.2, 0) is 16.1 Å². The number of aromatic nitrogens is 3. The van der Waals surface area contributed by atoms with E-state index in [1.54, 1.807) is 35.1 Å². The summed E-state index contributed by atoms with van der Waals surface area (Å²) in [6, 6.07) is 10.7. The maximum atomic E-state index is 13.1. The molecular formula is C24H22N4O5S. The van der Waals surface area contributed by atoms with Crippen LogP contribution < -0.4 is 14.8 Å². The Morgan fingerprint density at radius 1 is 1.21 bits per heavy atom. The number of rotatable bonds is 6. The van der Waals surface area contributed by atoms with E-state index in [-0.39, 0.29) is 0 Å². The summed E-state index contributed by atoms with van der Waals surface area (Å²) in [5, 5.41) is 9.61. The Morgan fingerprint density at radius 3 is 2.79 bits per heavy atom. The van der Waals surface area contributed by atoms with Gasteiger partial charge >= 0.3 is 5.97 Å². The van der Waals surface area contributed by atoms with E-state index in [1.165, 1.54) is 18.3 Å². The zero-order chi connectivity index (χ0) is 23.7. The number of aryl methyl sites for hydroxylation is 1. The van der Waals surface area contributed by atoms with E-state index >= 15 is 0 Å². The summed E-state index contributed by atoms with van der Waals surface area (Å²) in [5.74, 6) is 0.102. The van der Waals surface area contributed by atoms with Crippen molar-refractivity contribution in [1.29, 1.82) is 0 Å². The van der Waals surface area contributed by atoms with Gasteiger partial charge < -0.3 is 19.5 Å². The van der Waals surface area contributed by atoms with Crippen LogP contribution in [0.25, 0.3) is 21.6 Å². The molecule has 1 N–H and O–H groups in total. The number of benzene rings is 1. The molecule has 4 aromatic rings. The Hall–Kier alpha value is -3.92. The molecule has 174 valence electrons. The lowest BCUT2D eigenvalue weighted by molar-refractivity contribution is -0.123. The summed E-state index contributed by atoms with van der Waals surface area (Å²) in [7, 11) is 0. The van der Waals surface area contributed by atoms with Crippen molar-refractivity contribution in [1.82, 2.24) is 14.8 Å². The minimum Gasteiger partial charge on any atom is -0.486 e. The van der Waals surface area contributed by atoms with Gasteiger partial charge in [-0.3, -0.25) is 4.79 Å². The Kier molecular flexibility index (Phi) is 5.89. The number of carbonyl (C=O) groups is 2. The molecular weight excluding hydrogens is 456 g/mol. The third-order valence-electron chi connectivity index (χ3n) is 5.37. The number of fused-ring (bicyclic) bond motifs is 2. The number of esters is 1. The third kappa shape index (κ3) is 4.19. The summed E-state index contributed by atoms with van der Waals surface area (Å²) >= 11 is 1.52. The number of anilines is 1. The monoisotopic (exact) mass is 478 g/mol. The minimum absolute atomic E-state index is 0.312. The first-order chi connectivity index (χ1) is 16.5. The predicted molar refractivity (Wildman–Crippen MR) is 127 cm³/mol. The number of nitrogens with one attached hydrogen (secondary N) is 1. The average molecular weight is 479 g/mol. The van der Waals surface area contributed by atoms with Crippen molar-refractivity contribution in [2.75, 3.05) is 18.5 Å². The third-order valence-corrected chi connectivity index (χ3v) is 6.26. The van der Waals surface area contributed by atoms with Crippen LogP contribution >= 0.6 is 11.3 Å². The number of hydrogen-bond acceptors (Lipinski definition) is 8. The number of pyridine rings is 1. The van der Waals surface area contributed by atoms with Crippen LogP contribution in [0.15, 0.2) is 48.0 Å². The molecule has 4 heterocycles. The summed E-state index contributed by atoms with van der Waals surface area (Å²) < 4.78 is 18.3. The second-order valence-corrected chi connectivity index (χ2v) is 8.57. The Bertz CT molecular complexity index is 1370. The van der Waals surface area contributed by atoms with Crippen LogP contribution in [0, 0.1) is 0 Å². The fourth-order valence-corrected chi connectivity index (χ4v) is 4.33. The highest BCUT2D eigenvalue weighted by Gasteiger charge is 2.24. The van der Waals surface area contributed by atoms with Gasteiger partial charge in [0.2, 0.25) is 0 Å². The molecule has 1 aliphatic rings. The summed E-state index contributed by atoms with van der Waals surface area (Å²) in [6.07, 6.45) is 0.566. The van der Waals surface area contributed by atoms with Crippen LogP contribution in [-0.4, -0.2) is 46.0 Å². The normalized spacial score (nSPS) is 13.5. The van der Waals surface area contributed by atoms with Crippen LogP contribution in [0.5, 0.6) is 11.5 Å². The second kappa shape index (κ2) is 9.14. The van der Waals surface area contributed by atoms with Crippen LogP contribution in [0.3, 0.4) is 0 Å². The molecule has 5 rings (SSSR count). The van der Waals surface area contributed by atoms with Crippen molar-refractivity contribution in [3.05, 3.63) is 53.5 Å². The molecule has 3 aromatic heterocycles. The first kappa shape index (κ1) is 21.9. The van der Waals surface area contributed by atoms with E-state index in [0.717, 1.165) is 4.88 Å². The standard InChI is InChI=1S/C24H22N4O5S/c1-3-28-22-17(13-25-28)16(12-18(27-22)21-5-4-10-34-21)24(30)33-14(2)23(29)26-15-6-7-19-20(11-15)32-9-8-31-19/h4-7,10-14H,3,8-9H2,1-2H3,(H,26,29).